The zero-order chi connectivity index (χ0) is 11.9. The number of hydrogen-bond acceptors (Lipinski definition) is 2. The molecule has 2 heteroatoms. The Labute approximate surface area is 100 Å². The van der Waals surface area contributed by atoms with Gasteiger partial charge in [-0.05, 0) is 25.7 Å². The third-order valence-corrected chi connectivity index (χ3v) is 2.22. The summed E-state index contributed by atoms with van der Waals surface area (Å²) in [5.74, 6) is 0. The molecule has 0 aromatic rings. The van der Waals surface area contributed by atoms with Crippen molar-refractivity contribution >= 4 is 0 Å². The fourth-order valence-corrected chi connectivity index (χ4v) is 1.28. The van der Waals surface area contributed by atoms with E-state index in [1.807, 2.05) is 0 Å². The number of allylic oxidation sites excluding steroid dienone is 4. The maximum Gasteiger partial charge on any atom is 0.146 e. The van der Waals surface area contributed by atoms with Crippen molar-refractivity contribution in [2.24, 2.45) is 0 Å². The first-order valence-electron chi connectivity index (χ1n) is 6.30. The molecule has 0 spiro atoms. The summed E-state index contributed by atoms with van der Waals surface area (Å²) in [6.07, 6.45) is 15.9. The summed E-state index contributed by atoms with van der Waals surface area (Å²) in [5, 5.41) is 0. The monoisotopic (exact) mass is 226 g/mol. The van der Waals surface area contributed by atoms with E-state index in [1.54, 1.807) is 7.11 Å². The lowest BCUT2D eigenvalue weighted by molar-refractivity contribution is -0.0314. The second-order valence-corrected chi connectivity index (χ2v) is 3.81. The van der Waals surface area contributed by atoms with Crippen LogP contribution in [0, 0.1) is 0 Å². The van der Waals surface area contributed by atoms with Crippen LogP contribution in [0.25, 0.3) is 0 Å². The van der Waals surface area contributed by atoms with Gasteiger partial charge >= 0.3 is 0 Å². The number of methoxy groups -OCH3 is 1. The van der Waals surface area contributed by atoms with Gasteiger partial charge in [0, 0.05) is 13.7 Å². The molecule has 16 heavy (non-hydrogen) atoms. The standard InChI is InChI=1S/C14H26O2/c1-3-4-5-6-7-8-9-10-11-12-13-16-14-15-2/h6-9H,3-5,10-14H2,1-2H3. The Hall–Kier alpha value is -0.600. The molecule has 0 heterocycles. The molecule has 94 valence electrons. The minimum Gasteiger partial charge on any atom is -0.359 e. The summed E-state index contributed by atoms with van der Waals surface area (Å²) in [7, 11) is 1.65. The van der Waals surface area contributed by atoms with Crippen LogP contribution < -0.4 is 0 Å². The summed E-state index contributed by atoms with van der Waals surface area (Å²) in [4.78, 5) is 0. The Bertz CT molecular complexity index is 174. The van der Waals surface area contributed by atoms with Crippen LogP contribution in [0.3, 0.4) is 0 Å². The lowest BCUT2D eigenvalue weighted by Gasteiger charge is -2.00. The zero-order valence-corrected chi connectivity index (χ0v) is 10.8. The van der Waals surface area contributed by atoms with Gasteiger partial charge in [0.25, 0.3) is 0 Å². The van der Waals surface area contributed by atoms with Gasteiger partial charge in [0.05, 0.1) is 0 Å². The quantitative estimate of drug-likeness (QED) is 0.300. The van der Waals surface area contributed by atoms with Crippen molar-refractivity contribution in [1.29, 1.82) is 0 Å². The molecule has 0 saturated heterocycles. The molecular formula is C14H26O2. The molecule has 0 N–H and O–H groups in total. The molecule has 2 nitrogen and oxygen atoms in total. The largest absolute Gasteiger partial charge is 0.359 e. The van der Waals surface area contributed by atoms with Crippen molar-refractivity contribution in [2.75, 3.05) is 20.5 Å². The summed E-state index contributed by atoms with van der Waals surface area (Å²) in [6, 6.07) is 0. The first kappa shape index (κ1) is 15.4. The molecule has 0 aliphatic heterocycles. The smallest absolute Gasteiger partial charge is 0.146 e. The van der Waals surface area contributed by atoms with Crippen molar-refractivity contribution in [3.05, 3.63) is 24.3 Å². The molecule has 0 aromatic heterocycles. The van der Waals surface area contributed by atoms with Gasteiger partial charge in [-0.1, -0.05) is 44.1 Å². The zero-order valence-electron chi connectivity index (χ0n) is 10.8. The van der Waals surface area contributed by atoms with E-state index >= 15 is 0 Å². The summed E-state index contributed by atoms with van der Waals surface area (Å²) in [5.41, 5.74) is 0. The fraction of sp³-hybridized carbons (Fsp3) is 0.714. The van der Waals surface area contributed by atoms with Crippen molar-refractivity contribution in [3.63, 3.8) is 0 Å². The Kier molecular flexibility index (Phi) is 13.9. The second kappa shape index (κ2) is 14.4. The van der Waals surface area contributed by atoms with E-state index in [0.29, 0.717) is 6.79 Å². The highest BCUT2D eigenvalue weighted by Crippen LogP contribution is 1.99. The highest BCUT2D eigenvalue weighted by molar-refractivity contribution is 5.02. The third kappa shape index (κ3) is 13.4. The van der Waals surface area contributed by atoms with E-state index in [2.05, 4.69) is 31.2 Å². The van der Waals surface area contributed by atoms with Gasteiger partial charge < -0.3 is 9.47 Å². The van der Waals surface area contributed by atoms with Crippen molar-refractivity contribution in [1.82, 2.24) is 0 Å². The predicted molar refractivity (Wildman–Crippen MR) is 69.5 cm³/mol. The molecule has 0 amide bonds. The normalized spacial score (nSPS) is 11.9. The number of unbranched alkanes of at least 4 members (excludes halogenated alkanes) is 4. The van der Waals surface area contributed by atoms with Crippen LogP contribution in [0.5, 0.6) is 0 Å². The van der Waals surface area contributed by atoms with Crippen LogP contribution in [0.1, 0.15) is 45.4 Å². The molecular weight excluding hydrogens is 200 g/mol. The first-order valence-corrected chi connectivity index (χ1v) is 6.30. The number of hydrogen-bond donors (Lipinski definition) is 0. The maximum atomic E-state index is 5.19. The maximum absolute atomic E-state index is 5.19. The lowest BCUT2D eigenvalue weighted by Crippen LogP contribution is -1.97. The Morgan fingerprint density at radius 3 is 2.25 bits per heavy atom. The topological polar surface area (TPSA) is 18.5 Å². The fourth-order valence-electron chi connectivity index (χ4n) is 1.28. The van der Waals surface area contributed by atoms with Gasteiger partial charge in [-0.3, -0.25) is 0 Å². The second-order valence-electron chi connectivity index (χ2n) is 3.81. The van der Waals surface area contributed by atoms with E-state index in [-0.39, 0.29) is 0 Å². The van der Waals surface area contributed by atoms with Crippen molar-refractivity contribution in [3.8, 4) is 0 Å². The van der Waals surface area contributed by atoms with Crippen molar-refractivity contribution < 1.29 is 9.47 Å². The first-order chi connectivity index (χ1) is 7.91. The number of rotatable bonds is 11. The van der Waals surface area contributed by atoms with E-state index in [1.165, 1.54) is 25.7 Å². The van der Waals surface area contributed by atoms with Crippen LogP contribution >= 0.6 is 0 Å². The molecule has 0 saturated carbocycles. The number of ether oxygens (including phenoxy) is 2. The van der Waals surface area contributed by atoms with Crippen LogP contribution in [0.4, 0.5) is 0 Å². The van der Waals surface area contributed by atoms with Gasteiger partial charge in [0.1, 0.15) is 6.79 Å². The molecule has 0 aliphatic carbocycles. The van der Waals surface area contributed by atoms with Crippen molar-refractivity contribution in [2.45, 2.75) is 45.4 Å². The minimum absolute atomic E-state index is 0.413. The van der Waals surface area contributed by atoms with Gasteiger partial charge in [-0.2, -0.15) is 0 Å². The van der Waals surface area contributed by atoms with Crippen LogP contribution in [0.15, 0.2) is 24.3 Å². The molecule has 0 bridgehead atoms. The van der Waals surface area contributed by atoms with Crippen LogP contribution in [-0.4, -0.2) is 20.5 Å². The van der Waals surface area contributed by atoms with Gasteiger partial charge in [-0.15, -0.1) is 0 Å². The highest BCUT2D eigenvalue weighted by atomic mass is 16.7. The highest BCUT2D eigenvalue weighted by Gasteiger charge is 1.86. The third-order valence-electron chi connectivity index (χ3n) is 2.22. The predicted octanol–water partition coefficient (Wildman–Crippen LogP) is 4.08. The Balaban J connectivity index is 3.12. The summed E-state index contributed by atoms with van der Waals surface area (Å²) >= 11 is 0. The van der Waals surface area contributed by atoms with Crippen LogP contribution in [-0.2, 0) is 9.47 Å². The van der Waals surface area contributed by atoms with E-state index in [9.17, 15) is 0 Å². The van der Waals surface area contributed by atoms with E-state index < -0.39 is 0 Å². The van der Waals surface area contributed by atoms with E-state index in [0.717, 1.165) is 19.4 Å². The van der Waals surface area contributed by atoms with Gasteiger partial charge in [0.15, 0.2) is 0 Å². The van der Waals surface area contributed by atoms with Gasteiger partial charge in [-0.25, -0.2) is 0 Å². The van der Waals surface area contributed by atoms with E-state index in [4.69, 9.17) is 9.47 Å². The molecule has 0 aromatic carbocycles. The van der Waals surface area contributed by atoms with Crippen LogP contribution in [0.2, 0.25) is 0 Å². The molecule has 0 aliphatic rings. The van der Waals surface area contributed by atoms with Gasteiger partial charge in [0.2, 0.25) is 0 Å². The SMILES string of the molecule is CCCCC=CC=CCCCCOCOC. The lowest BCUT2D eigenvalue weighted by atomic mass is 10.2. The molecule has 0 atom stereocenters. The average Bonchev–Trinajstić information content (AvgIpc) is 2.31. The average molecular weight is 226 g/mol. The minimum atomic E-state index is 0.413. The molecule has 0 fully saturated rings. The Morgan fingerprint density at radius 2 is 1.62 bits per heavy atom. The Morgan fingerprint density at radius 1 is 0.938 bits per heavy atom. The summed E-state index contributed by atoms with van der Waals surface area (Å²) < 4.78 is 9.98. The summed E-state index contributed by atoms with van der Waals surface area (Å²) in [6.45, 7) is 3.43. The molecule has 0 rings (SSSR count). The molecule has 0 unspecified atom stereocenters. The molecule has 0 radical (unpaired) electrons.